The molecule has 2 unspecified atom stereocenters. The molecule has 0 aliphatic heterocycles. The van der Waals surface area contributed by atoms with E-state index in [0.29, 0.717) is 18.6 Å². The van der Waals surface area contributed by atoms with Crippen LogP contribution >= 0.6 is 0 Å². The van der Waals surface area contributed by atoms with Crippen LogP contribution in [0.15, 0.2) is 36.4 Å². The minimum Gasteiger partial charge on any atom is -0.348 e. The van der Waals surface area contributed by atoms with Gasteiger partial charge in [-0.05, 0) is 38.3 Å². The van der Waals surface area contributed by atoms with E-state index in [0.717, 1.165) is 33.9 Å². The number of amides is 1. The van der Waals surface area contributed by atoms with Crippen LogP contribution in [0, 0.1) is 20.8 Å². The number of rotatable bonds is 7. The van der Waals surface area contributed by atoms with Crippen LogP contribution in [0.2, 0.25) is 0 Å². The molecule has 1 amide bonds. The highest BCUT2D eigenvalue weighted by Crippen LogP contribution is 2.18. The molecule has 3 rings (SSSR count). The summed E-state index contributed by atoms with van der Waals surface area (Å²) in [4.78, 5) is 17.2. The lowest BCUT2D eigenvalue weighted by Crippen LogP contribution is -2.32. The van der Waals surface area contributed by atoms with Crippen LogP contribution < -0.4 is 5.32 Å². The quantitative estimate of drug-likeness (QED) is 0.664. The van der Waals surface area contributed by atoms with Crippen LogP contribution in [0.4, 0.5) is 0 Å². The van der Waals surface area contributed by atoms with Crippen molar-refractivity contribution in [3.05, 3.63) is 64.6 Å². The van der Waals surface area contributed by atoms with Crippen molar-refractivity contribution in [2.24, 2.45) is 0 Å². The van der Waals surface area contributed by atoms with Gasteiger partial charge < -0.3 is 5.32 Å². The summed E-state index contributed by atoms with van der Waals surface area (Å²) in [5, 5.41) is 7.52. The highest BCUT2D eigenvalue weighted by Gasteiger charge is 2.17. The Labute approximate surface area is 167 Å². The molecule has 0 aliphatic rings. The molecule has 0 aliphatic carbocycles. The SMILES string of the molecule is Cc1cc2nc(C)c(CCC(=O)NC(CS(C)=O)c3ccccc3)c(C)n2n1. The van der Waals surface area contributed by atoms with Crippen LogP contribution in [0.3, 0.4) is 0 Å². The fraction of sp³-hybridized carbons (Fsp3) is 0.381. The second-order valence-electron chi connectivity index (χ2n) is 7.09. The lowest BCUT2D eigenvalue weighted by molar-refractivity contribution is -0.121. The first kappa shape index (κ1) is 20.2. The van der Waals surface area contributed by atoms with Crippen molar-refractivity contribution in [1.29, 1.82) is 0 Å². The van der Waals surface area contributed by atoms with E-state index in [2.05, 4.69) is 15.4 Å². The summed E-state index contributed by atoms with van der Waals surface area (Å²) < 4.78 is 13.6. The molecule has 0 spiro atoms. The lowest BCUT2D eigenvalue weighted by Gasteiger charge is -2.18. The highest BCUT2D eigenvalue weighted by atomic mass is 32.2. The Kier molecular flexibility index (Phi) is 6.24. The average Bonchev–Trinajstić information content (AvgIpc) is 3.01. The molecule has 1 N–H and O–H groups in total. The van der Waals surface area contributed by atoms with Gasteiger partial charge in [0.25, 0.3) is 0 Å². The van der Waals surface area contributed by atoms with Gasteiger partial charge in [0.2, 0.25) is 5.91 Å². The maximum atomic E-state index is 12.6. The number of hydrogen-bond donors (Lipinski definition) is 1. The Morgan fingerprint density at radius 3 is 2.61 bits per heavy atom. The molecule has 2 aromatic heterocycles. The van der Waals surface area contributed by atoms with Crippen molar-refractivity contribution in [1.82, 2.24) is 19.9 Å². The van der Waals surface area contributed by atoms with E-state index < -0.39 is 10.8 Å². The first-order valence-electron chi connectivity index (χ1n) is 9.32. The van der Waals surface area contributed by atoms with Crippen LogP contribution in [-0.4, -0.2) is 36.7 Å². The summed E-state index contributed by atoms with van der Waals surface area (Å²) in [6.07, 6.45) is 2.58. The highest BCUT2D eigenvalue weighted by molar-refractivity contribution is 7.84. The zero-order valence-corrected chi connectivity index (χ0v) is 17.5. The molecule has 2 atom stereocenters. The standard InChI is InChI=1S/C21H26N4O2S/c1-14-12-20-22-15(2)18(16(3)25(20)24-14)10-11-21(26)23-19(13-28(4)27)17-8-6-5-7-9-17/h5-9,12,19H,10-11,13H2,1-4H3,(H,23,26). The van der Waals surface area contributed by atoms with Gasteiger partial charge >= 0.3 is 0 Å². The van der Waals surface area contributed by atoms with Crippen LogP contribution in [0.5, 0.6) is 0 Å². The predicted molar refractivity (Wildman–Crippen MR) is 112 cm³/mol. The van der Waals surface area contributed by atoms with E-state index in [4.69, 9.17) is 0 Å². The maximum absolute atomic E-state index is 12.6. The van der Waals surface area contributed by atoms with E-state index in [1.165, 1.54) is 0 Å². The molecule has 148 valence electrons. The van der Waals surface area contributed by atoms with Gasteiger partial charge in [0.1, 0.15) is 0 Å². The third-order valence-corrected chi connectivity index (χ3v) is 5.63. The molecule has 6 nitrogen and oxygen atoms in total. The van der Waals surface area contributed by atoms with Crippen molar-refractivity contribution in [3.63, 3.8) is 0 Å². The molecule has 0 fully saturated rings. The third kappa shape index (κ3) is 4.65. The fourth-order valence-corrected chi connectivity index (χ4v) is 4.19. The largest absolute Gasteiger partial charge is 0.348 e. The van der Waals surface area contributed by atoms with Crippen LogP contribution in [0.1, 0.15) is 40.7 Å². The minimum atomic E-state index is -1.01. The summed E-state index contributed by atoms with van der Waals surface area (Å²) in [7, 11) is -1.01. The number of aryl methyl sites for hydroxylation is 3. The third-order valence-electron chi connectivity index (χ3n) is 4.83. The number of hydrogen-bond acceptors (Lipinski definition) is 4. The van der Waals surface area contributed by atoms with E-state index in [1.54, 1.807) is 6.26 Å². The number of nitrogens with zero attached hydrogens (tertiary/aromatic N) is 3. The summed E-state index contributed by atoms with van der Waals surface area (Å²) in [6.45, 7) is 5.92. The average molecular weight is 399 g/mol. The van der Waals surface area contributed by atoms with Gasteiger partial charge in [-0.25, -0.2) is 9.50 Å². The molecule has 0 saturated carbocycles. The Balaban J connectivity index is 1.72. The second-order valence-corrected chi connectivity index (χ2v) is 8.57. The molecule has 0 saturated heterocycles. The molecule has 1 aromatic carbocycles. The zero-order valence-electron chi connectivity index (χ0n) is 16.7. The molecule has 28 heavy (non-hydrogen) atoms. The number of carbonyl (C=O) groups excluding carboxylic acids is 1. The first-order chi connectivity index (χ1) is 13.3. The van der Waals surface area contributed by atoms with Gasteiger partial charge in [0.15, 0.2) is 5.65 Å². The Morgan fingerprint density at radius 1 is 1.21 bits per heavy atom. The molecular formula is C21H26N4O2S. The van der Waals surface area contributed by atoms with Gasteiger partial charge in [0.05, 0.1) is 11.7 Å². The second kappa shape index (κ2) is 8.65. The monoisotopic (exact) mass is 398 g/mol. The van der Waals surface area contributed by atoms with Crippen molar-refractivity contribution in [2.45, 2.75) is 39.7 Å². The summed E-state index contributed by atoms with van der Waals surface area (Å²) in [6, 6.07) is 11.4. The maximum Gasteiger partial charge on any atom is 0.220 e. The normalized spacial score (nSPS) is 13.4. The fourth-order valence-electron chi connectivity index (χ4n) is 3.45. The van der Waals surface area contributed by atoms with Gasteiger partial charge in [-0.15, -0.1) is 0 Å². The van der Waals surface area contributed by atoms with Crippen LogP contribution in [-0.2, 0) is 22.0 Å². The van der Waals surface area contributed by atoms with Gasteiger partial charge in [-0.3, -0.25) is 9.00 Å². The van der Waals surface area contributed by atoms with E-state index in [-0.39, 0.29) is 11.9 Å². The van der Waals surface area contributed by atoms with Crippen molar-refractivity contribution in [3.8, 4) is 0 Å². The van der Waals surface area contributed by atoms with Gasteiger partial charge in [-0.2, -0.15) is 5.10 Å². The Bertz CT molecular complexity index is 1010. The summed E-state index contributed by atoms with van der Waals surface area (Å²) >= 11 is 0. The smallest absolute Gasteiger partial charge is 0.220 e. The van der Waals surface area contributed by atoms with Crippen LogP contribution in [0.25, 0.3) is 5.65 Å². The summed E-state index contributed by atoms with van der Waals surface area (Å²) in [5.41, 5.74) is 5.69. The van der Waals surface area contributed by atoms with E-state index in [1.807, 2.05) is 61.7 Å². The summed E-state index contributed by atoms with van der Waals surface area (Å²) in [5.74, 6) is 0.336. The molecule has 2 heterocycles. The van der Waals surface area contributed by atoms with Crippen molar-refractivity contribution < 1.29 is 9.00 Å². The molecule has 3 aromatic rings. The van der Waals surface area contributed by atoms with Gasteiger partial charge in [-0.1, -0.05) is 30.3 Å². The van der Waals surface area contributed by atoms with Crippen molar-refractivity contribution >= 4 is 22.4 Å². The lowest BCUT2D eigenvalue weighted by atomic mass is 10.1. The van der Waals surface area contributed by atoms with E-state index in [9.17, 15) is 9.00 Å². The molecular weight excluding hydrogens is 372 g/mol. The number of carbonyl (C=O) groups is 1. The number of benzene rings is 1. The Hall–Kier alpha value is -2.54. The number of aromatic nitrogens is 3. The molecule has 0 bridgehead atoms. The minimum absolute atomic E-state index is 0.0603. The zero-order chi connectivity index (χ0) is 20.3. The van der Waals surface area contributed by atoms with E-state index >= 15 is 0 Å². The molecule has 7 heteroatoms. The molecule has 0 radical (unpaired) electrons. The number of nitrogens with one attached hydrogen (secondary N) is 1. The Morgan fingerprint density at radius 2 is 1.93 bits per heavy atom. The predicted octanol–water partition coefficient (Wildman–Crippen LogP) is 2.82. The van der Waals surface area contributed by atoms with Crippen molar-refractivity contribution in [2.75, 3.05) is 12.0 Å². The number of fused-ring (bicyclic) bond motifs is 1. The first-order valence-corrected chi connectivity index (χ1v) is 11.0. The van der Waals surface area contributed by atoms with Gasteiger partial charge in [0, 0.05) is 46.7 Å². The topological polar surface area (TPSA) is 76.4 Å².